The Kier molecular flexibility index (Phi) is 4.13. The third-order valence-corrected chi connectivity index (χ3v) is 6.93. The number of benzene rings is 1. The molecule has 2 aliphatic heterocycles. The average Bonchev–Trinajstić information content (AvgIpc) is 3.13. The highest BCUT2D eigenvalue weighted by Gasteiger charge is 2.44. The van der Waals surface area contributed by atoms with Gasteiger partial charge in [-0.2, -0.15) is 0 Å². The van der Waals surface area contributed by atoms with E-state index in [2.05, 4.69) is 37.8 Å². The van der Waals surface area contributed by atoms with Crippen molar-refractivity contribution >= 4 is 5.69 Å². The predicted octanol–water partition coefficient (Wildman–Crippen LogP) is 6.06. The zero-order valence-electron chi connectivity index (χ0n) is 15.5. The monoisotopic (exact) mass is 329 g/mol. The Labute approximate surface area is 146 Å². The Morgan fingerprint density at radius 2 is 1.54 bits per heavy atom. The first-order chi connectivity index (χ1) is 11.4. The van der Waals surface area contributed by atoms with E-state index < -0.39 is 0 Å². The first-order valence-electron chi connectivity index (χ1n) is 10.0. The molecule has 132 valence electrons. The lowest BCUT2D eigenvalue weighted by molar-refractivity contribution is 0.241. The van der Waals surface area contributed by atoms with Crippen LogP contribution in [0.15, 0.2) is 18.2 Å². The molecule has 2 unspecified atom stereocenters. The van der Waals surface area contributed by atoms with Gasteiger partial charge in [0.2, 0.25) is 0 Å². The minimum Gasteiger partial charge on any atom is -0.363 e. The fraction of sp³-hybridized carbons (Fsp3) is 0.727. The Bertz CT molecular complexity index is 582. The smallest absolute Gasteiger partial charge is 0.146 e. The number of hydrogen-bond acceptors (Lipinski definition) is 1. The van der Waals surface area contributed by atoms with Gasteiger partial charge < -0.3 is 4.90 Å². The highest BCUT2D eigenvalue weighted by atomic mass is 19.1. The van der Waals surface area contributed by atoms with Crippen molar-refractivity contribution in [2.75, 3.05) is 4.90 Å². The lowest BCUT2D eigenvalue weighted by atomic mass is 9.79. The fourth-order valence-corrected chi connectivity index (χ4v) is 5.61. The molecule has 2 atom stereocenters. The molecule has 1 aromatic carbocycles. The number of hydrogen-bond donors (Lipinski definition) is 0. The molecule has 0 aromatic heterocycles. The molecular weight excluding hydrogens is 297 g/mol. The first kappa shape index (κ1) is 16.4. The summed E-state index contributed by atoms with van der Waals surface area (Å²) in [4.78, 5) is 2.45. The molecule has 2 saturated heterocycles. The second-order valence-electron chi connectivity index (χ2n) is 9.48. The minimum absolute atomic E-state index is 0.00776. The second kappa shape index (κ2) is 6.04. The summed E-state index contributed by atoms with van der Waals surface area (Å²) < 4.78 is 14.9. The Balaban J connectivity index is 1.55. The van der Waals surface area contributed by atoms with E-state index in [1.54, 1.807) is 6.07 Å². The average molecular weight is 330 g/mol. The summed E-state index contributed by atoms with van der Waals surface area (Å²) in [6, 6.07) is 7.12. The minimum atomic E-state index is -0.0151. The van der Waals surface area contributed by atoms with Crippen LogP contribution in [0.5, 0.6) is 0 Å². The standard InChI is InChI=1S/C22H32FN/c1-22(2,3)17-8-11-21(20(23)14-17)24-18-9-10-19(24)13-16(12-18)15-6-4-5-7-15/h8,11,14-16,18-19H,4-7,9-10,12-13H2,1-3H3. The number of halogens is 1. The van der Waals surface area contributed by atoms with E-state index in [4.69, 9.17) is 0 Å². The van der Waals surface area contributed by atoms with Crippen LogP contribution in [0.3, 0.4) is 0 Å². The first-order valence-corrected chi connectivity index (χ1v) is 10.0. The van der Waals surface area contributed by atoms with Crippen molar-refractivity contribution in [2.24, 2.45) is 11.8 Å². The van der Waals surface area contributed by atoms with Gasteiger partial charge in [-0.15, -0.1) is 0 Å². The molecule has 0 radical (unpaired) electrons. The van der Waals surface area contributed by atoms with Crippen molar-refractivity contribution in [3.8, 4) is 0 Å². The molecule has 2 heteroatoms. The Morgan fingerprint density at radius 3 is 2.08 bits per heavy atom. The maximum Gasteiger partial charge on any atom is 0.146 e. The topological polar surface area (TPSA) is 3.24 Å². The lowest BCUT2D eigenvalue weighted by Crippen LogP contribution is -2.44. The fourth-order valence-electron chi connectivity index (χ4n) is 5.61. The van der Waals surface area contributed by atoms with Crippen LogP contribution in [0.2, 0.25) is 0 Å². The van der Waals surface area contributed by atoms with Crippen molar-refractivity contribution in [3.63, 3.8) is 0 Å². The molecule has 1 saturated carbocycles. The van der Waals surface area contributed by atoms with E-state index in [9.17, 15) is 4.39 Å². The van der Waals surface area contributed by atoms with Gasteiger partial charge in [-0.1, -0.05) is 52.5 Å². The molecule has 1 aliphatic carbocycles. The quantitative estimate of drug-likeness (QED) is 0.637. The van der Waals surface area contributed by atoms with E-state index >= 15 is 0 Å². The van der Waals surface area contributed by atoms with Gasteiger partial charge in [-0.05, 0) is 60.6 Å². The van der Waals surface area contributed by atoms with Gasteiger partial charge in [-0.3, -0.25) is 0 Å². The highest BCUT2D eigenvalue weighted by molar-refractivity contribution is 5.53. The number of nitrogens with zero attached hydrogens (tertiary/aromatic N) is 1. The van der Waals surface area contributed by atoms with Crippen LogP contribution in [-0.4, -0.2) is 12.1 Å². The number of anilines is 1. The van der Waals surface area contributed by atoms with Crippen LogP contribution in [0.4, 0.5) is 10.1 Å². The maximum absolute atomic E-state index is 14.9. The van der Waals surface area contributed by atoms with Crippen molar-refractivity contribution in [1.29, 1.82) is 0 Å². The third kappa shape index (κ3) is 2.86. The zero-order chi connectivity index (χ0) is 16.9. The van der Waals surface area contributed by atoms with E-state index in [1.807, 2.05) is 0 Å². The van der Waals surface area contributed by atoms with Crippen LogP contribution in [0.1, 0.15) is 77.7 Å². The van der Waals surface area contributed by atoms with E-state index in [1.165, 1.54) is 51.4 Å². The van der Waals surface area contributed by atoms with Gasteiger partial charge in [0.05, 0.1) is 5.69 Å². The molecule has 2 bridgehead atoms. The molecule has 3 fully saturated rings. The Hall–Kier alpha value is -1.05. The maximum atomic E-state index is 14.9. The number of fused-ring (bicyclic) bond motifs is 2. The van der Waals surface area contributed by atoms with E-state index in [0.29, 0.717) is 12.1 Å². The van der Waals surface area contributed by atoms with Gasteiger partial charge in [0, 0.05) is 12.1 Å². The summed E-state index contributed by atoms with van der Waals surface area (Å²) >= 11 is 0. The highest BCUT2D eigenvalue weighted by Crippen LogP contribution is 2.47. The molecule has 2 heterocycles. The van der Waals surface area contributed by atoms with Gasteiger partial charge in [0.15, 0.2) is 0 Å². The van der Waals surface area contributed by atoms with E-state index in [0.717, 1.165) is 23.1 Å². The number of rotatable bonds is 2. The third-order valence-electron chi connectivity index (χ3n) is 6.93. The molecule has 0 spiro atoms. The second-order valence-corrected chi connectivity index (χ2v) is 9.48. The van der Waals surface area contributed by atoms with Gasteiger partial charge in [-0.25, -0.2) is 4.39 Å². The summed E-state index contributed by atoms with van der Waals surface area (Å²) in [5, 5.41) is 0. The van der Waals surface area contributed by atoms with Gasteiger partial charge >= 0.3 is 0 Å². The summed E-state index contributed by atoms with van der Waals surface area (Å²) in [7, 11) is 0. The molecule has 24 heavy (non-hydrogen) atoms. The molecular formula is C22H32FN. The normalized spacial score (nSPS) is 31.0. The SMILES string of the molecule is CC(C)(C)c1ccc(N2C3CCC2CC(C2CCCC2)C3)c(F)c1. The van der Waals surface area contributed by atoms with Crippen molar-refractivity contribution in [1.82, 2.24) is 0 Å². The molecule has 4 rings (SSSR count). The Morgan fingerprint density at radius 1 is 0.917 bits per heavy atom. The van der Waals surface area contributed by atoms with Crippen molar-refractivity contribution in [3.05, 3.63) is 29.6 Å². The van der Waals surface area contributed by atoms with Crippen LogP contribution >= 0.6 is 0 Å². The molecule has 0 amide bonds. The summed E-state index contributed by atoms with van der Waals surface area (Å²) in [6.45, 7) is 6.45. The van der Waals surface area contributed by atoms with Crippen LogP contribution in [-0.2, 0) is 5.41 Å². The molecule has 1 aromatic rings. The zero-order valence-corrected chi connectivity index (χ0v) is 15.5. The summed E-state index contributed by atoms with van der Waals surface area (Å²) in [5.74, 6) is 1.85. The van der Waals surface area contributed by atoms with Gasteiger partial charge in [0.25, 0.3) is 0 Å². The van der Waals surface area contributed by atoms with E-state index in [-0.39, 0.29) is 11.2 Å². The molecule has 3 aliphatic rings. The van der Waals surface area contributed by atoms with Crippen LogP contribution in [0.25, 0.3) is 0 Å². The van der Waals surface area contributed by atoms with Crippen molar-refractivity contribution in [2.45, 2.75) is 89.6 Å². The molecule has 1 nitrogen and oxygen atoms in total. The summed E-state index contributed by atoms with van der Waals surface area (Å²) in [5.41, 5.74) is 1.96. The summed E-state index contributed by atoms with van der Waals surface area (Å²) in [6.07, 6.45) is 10.9. The van der Waals surface area contributed by atoms with Crippen LogP contribution < -0.4 is 4.90 Å². The van der Waals surface area contributed by atoms with Gasteiger partial charge in [0.1, 0.15) is 5.82 Å². The van der Waals surface area contributed by atoms with Crippen LogP contribution in [0, 0.1) is 17.7 Å². The molecule has 0 N–H and O–H groups in total. The van der Waals surface area contributed by atoms with Crippen molar-refractivity contribution < 1.29 is 4.39 Å². The lowest BCUT2D eigenvalue weighted by Gasteiger charge is -2.42. The number of piperidine rings is 1. The largest absolute Gasteiger partial charge is 0.363 e. The predicted molar refractivity (Wildman–Crippen MR) is 99.1 cm³/mol.